The SMILES string of the molecule is Cc1cc2nnc(SCC(=O)N3CCc4ccccc4C3)n2c(N)n1. The highest BCUT2D eigenvalue weighted by molar-refractivity contribution is 7.99. The summed E-state index contributed by atoms with van der Waals surface area (Å²) in [5.41, 5.74) is 9.96. The molecular formula is C17H18N6OS. The van der Waals surface area contributed by atoms with Gasteiger partial charge >= 0.3 is 0 Å². The average molecular weight is 354 g/mol. The van der Waals surface area contributed by atoms with Gasteiger partial charge in [-0.2, -0.15) is 0 Å². The molecule has 0 unspecified atom stereocenters. The van der Waals surface area contributed by atoms with Crippen LogP contribution in [0.15, 0.2) is 35.5 Å². The highest BCUT2D eigenvalue weighted by Gasteiger charge is 2.21. The molecule has 8 heteroatoms. The number of hydrogen-bond donors (Lipinski definition) is 1. The number of hydrogen-bond acceptors (Lipinski definition) is 6. The van der Waals surface area contributed by atoms with Crippen LogP contribution in [-0.4, -0.2) is 42.7 Å². The topological polar surface area (TPSA) is 89.4 Å². The molecule has 0 atom stereocenters. The number of anilines is 1. The molecule has 1 aliphatic rings. The molecule has 2 N–H and O–H groups in total. The van der Waals surface area contributed by atoms with Crippen LogP contribution in [-0.2, 0) is 17.8 Å². The van der Waals surface area contributed by atoms with Gasteiger partial charge < -0.3 is 10.6 Å². The van der Waals surface area contributed by atoms with E-state index in [4.69, 9.17) is 5.73 Å². The van der Waals surface area contributed by atoms with Crippen molar-refractivity contribution in [1.82, 2.24) is 24.5 Å². The van der Waals surface area contributed by atoms with Crippen molar-refractivity contribution in [3.8, 4) is 0 Å². The smallest absolute Gasteiger partial charge is 0.233 e. The Kier molecular flexibility index (Phi) is 4.04. The maximum Gasteiger partial charge on any atom is 0.233 e. The largest absolute Gasteiger partial charge is 0.369 e. The number of benzene rings is 1. The molecule has 2 aromatic heterocycles. The lowest BCUT2D eigenvalue weighted by Gasteiger charge is -2.28. The normalized spacial score (nSPS) is 13.9. The van der Waals surface area contributed by atoms with E-state index in [1.165, 1.54) is 22.9 Å². The molecule has 0 fully saturated rings. The molecule has 4 rings (SSSR count). The van der Waals surface area contributed by atoms with Crippen LogP contribution in [0.1, 0.15) is 16.8 Å². The number of nitrogens with zero attached hydrogens (tertiary/aromatic N) is 5. The number of rotatable bonds is 3. The second-order valence-corrected chi connectivity index (χ2v) is 7.00. The summed E-state index contributed by atoms with van der Waals surface area (Å²) in [4.78, 5) is 18.7. The molecule has 0 aliphatic carbocycles. The van der Waals surface area contributed by atoms with Gasteiger partial charge in [0.05, 0.1) is 5.75 Å². The lowest BCUT2D eigenvalue weighted by Crippen LogP contribution is -2.37. The minimum atomic E-state index is 0.0925. The molecule has 1 aliphatic heterocycles. The molecule has 1 amide bonds. The lowest BCUT2D eigenvalue weighted by atomic mass is 10.00. The second kappa shape index (κ2) is 6.36. The third-order valence-electron chi connectivity index (χ3n) is 4.32. The molecule has 1 aromatic carbocycles. The second-order valence-electron chi connectivity index (χ2n) is 6.05. The number of thioether (sulfide) groups is 1. The van der Waals surface area contributed by atoms with Gasteiger partial charge in [-0.25, -0.2) is 9.38 Å². The molecule has 3 heterocycles. The molecule has 128 valence electrons. The zero-order chi connectivity index (χ0) is 17.4. The van der Waals surface area contributed by atoms with Crippen molar-refractivity contribution >= 4 is 29.3 Å². The van der Waals surface area contributed by atoms with Crippen molar-refractivity contribution in [3.63, 3.8) is 0 Å². The molecule has 3 aromatic rings. The van der Waals surface area contributed by atoms with Crippen LogP contribution in [0.3, 0.4) is 0 Å². The predicted molar refractivity (Wildman–Crippen MR) is 96.2 cm³/mol. The molecule has 0 saturated carbocycles. The molecule has 7 nitrogen and oxygen atoms in total. The predicted octanol–water partition coefficient (Wildman–Crippen LogP) is 1.69. The summed E-state index contributed by atoms with van der Waals surface area (Å²) in [7, 11) is 0. The van der Waals surface area contributed by atoms with Crippen LogP contribution in [0, 0.1) is 6.92 Å². The number of carbonyl (C=O) groups is 1. The Morgan fingerprint density at radius 3 is 2.92 bits per heavy atom. The summed E-state index contributed by atoms with van der Waals surface area (Å²) < 4.78 is 1.68. The van der Waals surface area contributed by atoms with Crippen LogP contribution < -0.4 is 5.73 Å². The summed E-state index contributed by atoms with van der Waals surface area (Å²) in [5, 5.41) is 8.83. The van der Waals surface area contributed by atoms with Gasteiger partial charge in [0.15, 0.2) is 10.8 Å². The molecule has 0 spiro atoms. The lowest BCUT2D eigenvalue weighted by molar-refractivity contribution is -0.129. The van der Waals surface area contributed by atoms with Crippen molar-refractivity contribution in [2.24, 2.45) is 0 Å². The zero-order valence-electron chi connectivity index (χ0n) is 13.8. The number of aromatic nitrogens is 4. The van der Waals surface area contributed by atoms with E-state index in [1.807, 2.05) is 30.0 Å². The third kappa shape index (κ3) is 3.05. The van der Waals surface area contributed by atoms with E-state index >= 15 is 0 Å². The van der Waals surface area contributed by atoms with Crippen LogP contribution in [0.25, 0.3) is 5.65 Å². The van der Waals surface area contributed by atoms with Gasteiger partial charge in [-0.3, -0.25) is 4.79 Å². The fraction of sp³-hybridized carbons (Fsp3) is 0.294. The van der Waals surface area contributed by atoms with Crippen molar-refractivity contribution in [1.29, 1.82) is 0 Å². The van der Waals surface area contributed by atoms with Crippen LogP contribution in [0.2, 0.25) is 0 Å². The van der Waals surface area contributed by atoms with E-state index in [2.05, 4.69) is 27.3 Å². The quantitative estimate of drug-likeness (QED) is 0.720. The number of nitrogens with two attached hydrogens (primary N) is 1. The Morgan fingerprint density at radius 2 is 2.08 bits per heavy atom. The molecule has 0 saturated heterocycles. The van der Waals surface area contributed by atoms with E-state index in [1.54, 1.807) is 4.40 Å². The maximum atomic E-state index is 12.6. The van der Waals surface area contributed by atoms with Crippen LogP contribution >= 0.6 is 11.8 Å². The first-order chi connectivity index (χ1) is 12.1. The third-order valence-corrected chi connectivity index (χ3v) is 5.24. The van der Waals surface area contributed by atoms with E-state index in [-0.39, 0.29) is 5.91 Å². The Bertz CT molecular complexity index is 953. The molecular weight excluding hydrogens is 336 g/mol. The summed E-state index contributed by atoms with van der Waals surface area (Å²) >= 11 is 1.34. The van der Waals surface area contributed by atoms with E-state index in [0.29, 0.717) is 29.0 Å². The number of carbonyl (C=O) groups excluding carboxylic acids is 1. The number of fused-ring (bicyclic) bond motifs is 2. The summed E-state index contributed by atoms with van der Waals surface area (Å²) in [6.07, 6.45) is 0.899. The van der Waals surface area contributed by atoms with Crippen molar-refractivity contribution in [3.05, 3.63) is 47.2 Å². The Morgan fingerprint density at radius 1 is 1.28 bits per heavy atom. The summed E-state index contributed by atoms with van der Waals surface area (Å²) in [6.45, 7) is 3.27. The Hall–Kier alpha value is -2.61. The standard InChI is InChI=1S/C17H18N6OS/c1-11-8-14-20-21-17(23(14)16(18)19-11)25-10-15(24)22-7-6-12-4-2-3-5-13(12)9-22/h2-5,8H,6-7,9-10H2,1H3,(H2,18,19). The Labute approximate surface area is 149 Å². The van der Waals surface area contributed by atoms with Gasteiger partial charge in [0.25, 0.3) is 0 Å². The highest BCUT2D eigenvalue weighted by atomic mass is 32.2. The van der Waals surface area contributed by atoms with Gasteiger partial charge in [0.1, 0.15) is 0 Å². The molecule has 25 heavy (non-hydrogen) atoms. The molecule has 0 radical (unpaired) electrons. The monoisotopic (exact) mass is 354 g/mol. The van der Waals surface area contributed by atoms with Gasteiger partial charge in [0, 0.05) is 24.8 Å². The Balaban J connectivity index is 1.46. The zero-order valence-corrected chi connectivity index (χ0v) is 14.7. The van der Waals surface area contributed by atoms with Gasteiger partial charge in [-0.1, -0.05) is 36.0 Å². The fourth-order valence-electron chi connectivity index (χ4n) is 3.06. The van der Waals surface area contributed by atoms with E-state index in [0.717, 1.165) is 18.7 Å². The number of amides is 1. The van der Waals surface area contributed by atoms with Crippen molar-refractivity contribution in [2.75, 3.05) is 18.0 Å². The van der Waals surface area contributed by atoms with E-state index in [9.17, 15) is 4.79 Å². The number of nitrogen functional groups attached to an aromatic ring is 1. The van der Waals surface area contributed by atoms with Crippen LogP contribution in [0.5, 0.6) is 0 Å². The average Bonchev–Trinajstić information content (AvgIpc) is 3.02. The first-order valence-electron chi connectivity index (χ1n) is 8.07. The first kappa shape index (κ1) is 15.9. The summed E-state index contributed by atoms with van der Waals surface area (Å²) in [6, 6.07) is 10.1. The van der Waals surface area contributed by atoms with Gasteiger partial charge in [0.2, 0.25) is 11.9 Å². The summed E-state index contributed by atoms with van der Waals surface area (Å²) in [5.74, 6) is 0.729. The van der Waals surface area contributed by atoms with Crippen LogP contribution in [0.4, 0.5) is 5.95 Å². The van der Waals surface area contributed by atoms with Gasteiger partial charge in [-0.15, -0.1) is 10.2 Å². The minimum absolute atomic E-state index is 0.0925. The minimum Gasteiger partial charge on any atom is -0.369 e. The number of aryl methyl sites for hydroxylation is 1. The van der Waals surface area contributed by atoms with Crippen molar-refractivity contribution < 1.29 is 4.79 Å². The van der Waals surface area contributed by atoms with E-state index < -0.39 is 0 Å². The maximum absolute atomic E-state index is 12.6. The molecule has 0 bridgehead atoms. The first-order valence-corrected chi connectivity index (χ1v) is 9.06. The van der Waals surface area contributed by atoms with Crippen molar-refractivity contribution in [2.45, 2.75) is 25.0 Å². The fourth-order valence-corrected chi connectivity index (χ4v) is 3.91. The van der Waals surface area contributed by atoms with Gasteiger partial charge in [-0.05, 0) is 24.5 Å². The highest BCUT2D eigenvalue weighted by Crippen LogP contribution is 2.23.